The summed E-state index contributed by atoms with van der Waals surface area (Å²) in [5, 5.41) is 2.72. The third-order valence-electron chi connectivity index (χ3n) is 2.49. The molecule has 1 aromatic carbocycles. The summed E-state index contributed by atoms with van der Waals surface area (Å²) in [4.78, 5) is 11.8. The molecule has 6 nitrogen and oxygen atoms in total. The summed E-state index contributed by atoms with van der Waals surface area (Å²) in [5.41, 5.74) is 6.26. The number of rotatable bonds is 8. The van der Waals surface area contributed by atoms with Gasteiger partial charge in [0.15, 0.2) is 11.5 Å². The minimum absolute atomic E-state index is 0.168. The molecule has 0 aromatic heterocycles. The second kappa shape index (κ2) is 8.39. The average molecular weight is 282 g/mol. The van der Waals surface area contributed by atoms with Gasteiger partial charge in [-0.2, -0.15) is 0 Å². The number of nitrogens with one attached hydrogen (secondary N) is 1. The number of carbonyl (C=O) groups excluding carboxylic acids is 1. The molecule has 1 unspecified atom stereocenters. The van der Waals surface area contributed by atoms with Crippen LogP contribution < -0.4 is 20.5 Å². The molecule has 0 radical (unpaired) electrons. The maximum atomic E-state index is 11.8. The maximum absolute atomic E-state index is 11.8. The molecule has 0 aliphatic rings. The molecule has 0 aliphatic heterocycles. The Morgan fingerprint density at radius 1 is 1.25 bits per heavy atom. The third-order valence-corrected chi connectivity index (χ3v) is 2.49. The lowest BCUT2D eigenvalue weighted by molar-refractivity contribution is -0.118. The van der Waals surface area contributed by atoms with Crippen LogP contribution in [0, 0.1) is 0 Å². The molecule has 0 spiro atoms. The van der Waals surface area contributed by atoms with Gasteiger partial charge in [0, 0.05) is 18.9 Å². The van der Waals surface area contributed by atoms with Crippen LogP contribution in [-0.2, 0) is 9.53 Å². The monoisotopic (exact) mass is 282 g/mol. The molecular formula is C14H22N2O4. The molecule has 6 heteroatoms. The van der Waals surface area contributed by atoms with Crippen LogP contribution in [0.4, 0.5) is 5.69 Å². The van der Waals surface area contributed by atoms with Gasteiger partial charge in [-0.15, -0.1) is 0 Å². The van der Waals surface area contributed by atoms with Crippen molar-refractivity contribution in [1.29, 1.82) is 0 Å². The smallest absolute Gasteiger partial charge is 0.243 e. The fourth-order valence-electron chi connectivity index (χ4n) is 1.62. The van der Waals surface area contributed by atoms with Gasteiger partial charge in [0.25, 0.3) is 0 Å². The Kier molecular flexibility index (Phi) is 6.83. The van der Waals surface area contributed by atoms with Crippen molar-refractivity contribution >= 4 is 11.6 Å². The first-order valence-corrected chi connectivity index (χ1v) is 6.57. The molecular weight excluding hydrogens is 260 g/mol. The van der Waals surface area contributed by atoms with Crippen LogP contribution in [0.25, 0.3) is 0 Å². The molecule has 0 bridgehead atoms. The first-order valence-electron chi connectivity index (χ1n) is 6.57. The molecule has 1 rings (SSSR count). The highest BCUT2D eigenvalue weighted by Crippen LogP contribution is 2.30. The molecule has 0 saturated heterocycles. The summed E-state index contributed by atoms with van der Waals surface area (Å²) in [7, 11) is 1.50. The van der Waals surface area contributed by atoms with E-state index in [1.54, 1.807) is 18.2 Å². The number of hydrogen-bond donors (Lipinski definition) is 2. The van der Waals surface area contributed by atoms with E-state index in [2.05, 4.69) is 5.32 Å². The van der Waals surface area contributed by atoms with Crippen molar-refractivity contribution in [2.45, 2.75) is 19.9 Å². The van der Waals surface area contributed by atoms with Crippen molar-refractivity contribution in [3.05, 3.63) is 18.2 Å². The number of carbonyl (C=O) groups is 1. The van der Waals surface area contributed by atoms with Crippen molar-refractivity contribution in [3.8, 4) is 11.5 Å². The summed E-state index contributed by atoms with van der Waals surface area (Å²) in [6, 6.07) is 4.50. The minimum Gasteiger partial charge on any atom is -0.490 e. The zero-order valence-corrected chi connectivity index (χ0v) is 12.1. The maximum Gasteiger partial charge on any atom is 0.243 e. The first kappa shape index (κ1) is 16.3. The van der Waals surface area contributed by atoms with E-state index in [1.165, 1.54) is 7.11 Å². The lowest BCUT2D eigenvalue weighted by Gasteiger charge is -2.14. The minimum atomic E-state index is -0.706. The highest BCUT2D eigenvalue weighted by Gasteiger charge is 2.14. The SMILES string of the molecule is CCOc1ccc(NC(=O)C(N)COC)cc1OCC. The normalized spacial score (nSPS) is 11.8. The Morgan fingerprint density at radius 3 is 2.50 bits per heavy atom. The Morgan fingerprint density at radius 2 is 1.90 bits per heavy atom. The molecule has 0 fully saturated rings. The number of methoxy groups -OCH3 is 1. The van der Waals surface area contributed by atoms with Gasteiger partial charge in [-0.3, -0.25) is 4.79 Å². The van der Waals surface area contributed by atoms with Gasteiger partial charge >= 0.3 is 0 Å². The number of nitrogens with two attached hydrogens (primary N) is 1. The highest BCUT2D eigenvalue weighted by atomic mass is 16.5. The second-order valence-electron chi connectivity index (χ2n) is 4.08. The Balaban J connectivity index is 2.80. The zero-order valence-electron chi connectivity index (χ0n) is 12.1. The fraction of sp³-hybridized carbons (Fsp3) is 0.500. The number of hydrogen-bond acceptors (Lipinski definition) is 5. The molecule has 1 atom stereocenters. The van der Waals surface area contributed by atoms with E-state index < -0.39 is 6.04 Å². The Labute approximate surface area is 119 Å². The van der Waals surface area contributed by atoms with E-state index >= 15 is 0 Å². The molecule has 20 heavy (non-hydrogen) atoms. The highest BCUT2D eigenvalue weighted by molar-refractivity contribution is 5.95. The summed E-state index contributed by atoms with van der Waals surface area (Å²) < 4.78 is 15.8. The van der Waals surface area contributed by atoms with Crippen molar-refractivity contribution in [1.82, 2.24) is 0 Å². The van der Waals surface area contributed by atoms with E-state index in [4.69, 9.17) is 19.9 Å². The lowest BCUT2D eigenvalue weighted by atomic mass is 10.2. The van der Waals surface area contributed by atoms with Gasteiger partial charge in [-0.05, 0) is 26.0 Å². The first-order chi connectivity index (χ1) is 9.62. The van der Waals surface area contributed by atoms with Gasteiger partial charge in [0.2, 0.25) is 5.91 Å². The standard InChI is InChI=1S/C14H22N2O4/c1-4-19-12-7-6-10(8-13(12)20-5-2)16-14(17)11(15)9-18-3/h6-8,11H,4-5,9,15H2,1-3H3,(H,16,17). The van der Waals surface area contributed by atoms with Gasteiger partial charge in [0.05, 0.1) is 19.8 Å². The fourth-order valence-corrected chi connectivity index (χ4v) is 1.62. The topological polar surface area (TPSA) is 82.8 Å². The summed E-state index contributed by atoms with van der Waals surface area (Å²) in [6.45, 7) is 5.01. The molecule has 0 saturated carbocycles. The molecule has 0 heterocycles. The zero-order chi connectivity index (χ0) is 15.0. The van der Waals surface area contributed by atoms with E-state index in [9.17, 15) is 4.79 Å². The quantitative estimate of drug-likeness (QED) is 0.753. The number of ether oxygens (including phenoxy) is 3. The van der Waals surface area contributed by atoms with E-state index in [-0.39, 0.29) is 12.5 Å². The lowest BCUT2D eigenvalue weighted by Crippen LogP contribution is -2.39. The van der Waals surface area contributed by atoms with Gasteiger partial charge < -0.3 is 25.3 Å². The third kappa shape index (κ3) is 4.71. The van der Waals surface area contributed by atoms with E-state index in [0.717, 1.165) is 0 Å². The Bertz CT molecular complexity index is 437. The molecule has 112 valence electrons. The van der Waals surface area contributed by atoms with Crippen LogP contribution in [0.15, 0.2) is 18.2 Å². The summed E-state index contributed by atoms with van der Waals surface area (Å²) >= 11 is 0. The summed E-state index contributed by atoms with van der Waals surface area (Å²) in [6.07, 6.45) is 0. The van der Waals surface area contributed by atoms with Crippen molar-refractivity contribution in [2.75, 3.05) is 32.2 Å². The Hall–Kier alpha value is -1.79. The van der Waals surface area contributed by atoms with Crippen LogP contribution in [0.1, 0.15) is 13.8 Å². The van der Waals surface area contributed by atoms with Crippen LogP contribution in [-0.4, -0.2) is 38.9 Å². The predicted octanol–water partition coefficient (Wildman–Crippen LogP) is 1.40. The molecule has 3 N–H and O–H groups in total. The molecule has 1 amide bonds. The van der Waals surface area contributed by atoms with Crippen molar-refractivity contribution in [2.24, 2.45) is 5.73 Å². The predicted molar refractivity (Wildman–Crippen MR) is 77.3 cm³/mol. The van der Waals surface area contributed by atoms with Crippen molar-refractivity contribution in [3.63, 3.8) is 0 Å². The largest absolute Gasteiger partial charge is 0.490 e. The number of anilines is 1. The second-order valence-corrected chi connectivity index (χ2v) is 4.08. The molecule has 1 aromatic rings. The van der Waals surface area contributed by atoms with E-state index in [0.29, 0.717) is 30.4 Å². The van der Waals surface area contributed by atoms with Gasteiger partial charge in [-0.25, -0.2) is 0 Å². The summed E-state index contributed by atoms with van der Waals surface area (Å²) in [5.74, 6) is 0.930. The molecule has 0 aliphatic carbocycles. The van der Waals surface area contributed by atoms with Crippen LogP contribution in [0.5, 0.6) is 11.5 Å². The van der Waals surface area contributed by atoms with Gasteiger partial charge in [-0.1, -0.05) is 0 Å². The van der Waals surface area contributed by atoms with Crippen LogP contribution >= 0.6 is 0 Å². The number of amides is 1. The van der Waals surface area contributed by atoms with E-state index in [1.807, 2.05) is 13.8 Å². The van der Waals surface area contributed by atoms with Crippen molar-refractivity contribution < 1.29 is 19.0 Å². The van der Waals surface area contributed by atoms with Crippen LogP contribution in [0.2, 0.25) is 0 Å². The number of benzene rings is 1. The average Bonchev–Trinajstić information content (AvgIpc) is 2.42. The van der Waals surface area contributed by atoms with Gasteiger partial charge in [0.1, 0.15) is 6.04 Å². The van der Waals surface area contributed by atoms with Crippen LogP contribution in [0.3, 0.4) is 0 Å².